The van der Waals surface area contributed by atoms with Crippen molar-refractivity contribution in [3.05, 3.63) is 48.2 Å². The molecule has 13 nitrogen and oxygen atoms in total. The smallest absolute Gasteiger partial charge is 0.410 e. The lowest BCUT2D eigenvalue weighted by atomic mass is 9.73. The van der Waals surface area contributed by atoms with Gasteiger partial charge in [-0.05, 0) is 64.9 Å². The zero-order chi connectivity index (χ0) is 41.3. The first-order chi connectivity index (χ1) is 27.1. The first-order valence-corrected chi connectivity index (χ1v) is 20.6. The van der Waals surface area contributed by atoms with Crippen LogP contribution in [0.25, 0.3) is 17.0 Å². The van der Waals surface area contributed by atoms with Crippen molar-refractivity contribution in [1.29, 1.82) is 0 Å². The summed E-state index contributed by atoms with van der Waals surface area (Å²) in [5.41, 5.74) is 1.31. The van der Waals surface area contributed by atoms with Gasteiger partial charge >= 0.3 is 12.1 Å². The van der Waals surface area contributed by atoms with Gasteiger partial charge in [-0.2, -0.15) is 0 Å². The van der Waals surface area contributed by atoms with E-state index in [4.69, 9.17) is 28.7 Å². The number of benzene rings is 1. The number of aromatic nitrogens is 1. The average molecular weight is 791 g/mol. The number of rotatable bonds is 8. The van der Waals surface area contributed by atoms with Crippen LogP contribution in [0.2, 0.25) is 0 Å². The molecule has 14 atom stereocenters. The molecule has 312 valence electrons. The molecule has 0 spiro atoms. The molecule has 6 rings (SSSR count). The number of pyridine rings is 1. The Bertz CT molecular complexity index is 1840. The van der Waals surface area contributed by atoms with Crippen molar-refractivity contribution >= 4 is 40.5 Å². The third kappa shape index (κ3) is 8.41. The van der Waals surface area contributed by atoms with Gasteiger partial charge in [0.05, 0.1) is 36.4 Å². The van der Waals surface area contributed by atoms with Gasteiger partial charge in [0.25, 0.3) is 0 Å². The van der Waals surface area contributed by atoms with Gasteiger partial charge in [0, 0.05) is 60.7 Å². The van der Waals surface area contributed by atoms with Crippen molar-refractivity contribution < 1.29 is 43.2 Å². The van der Waals surface area contributed by atoms with E-state index < -0.39 is 72.2 Å². The average Bonchev–Trinajstić information content (AvgIpc) is 3.31. The number of esters is 1. The van der Waals surface area contributed by atoms with Crippen molar-refractivity contribution in [2.75, 3.05) is 34.3 Å². The molecule has 2 aromatic rings. The number of carbonyl (C=O) groups is 3. The maximum absolute atomic E-state index is 15.0. The largest absolute Gasteiger partial charge is 0.457 e. The number of allylic oxidation sites excluding steroid dienone is 1. The molecule has 1 aromatic heterocycles. The number of likely N-dealkylation sites (N-methyl/N-ethyl adjacent to an activating group) is 1. The molecule has 5 heterocycles. The molecule has 2 bridgehead atoms. The van der Waals surface area contributed by atoms with E-state index in [0.717, 1.165) is 22.2 Å². The molecule has 13 heteroatoms. The zero-order valence-corrected chi connectivity index (χ0v) is 35.2. The monoisotopic (exact) mass is 790 g/mol. The second kappa shape index (κ2) is 17.6. The fourth-order valence-electron chi connectivity index (χ4n) is 10.0. The van der Waals surface area contributed by atoms with Crippen molar-refractivity contribution in [2.24, 2.45) is 34.6 Å². The Hall–Kier alpha value is -3.75. The van der Waals surface area contributed by atoms with Crippen molar-refractivity contribution in [3.63, 3.8) is 0 Å². The highest BCUT2D eigenvalue weighted by molar-refractivity contribution is 6.01. The van der Waals surface area contributed by atoms with Crippen LogP contribution in [-0.4, -0.2) is 132 Å². The van der Waals surface area contributed by atoms with E-state index in [1.165, 1.54) is 0 Å². The second-order valence-electron chi connectivity index (χ2n) is 17.0. The Morgan fingerprint density at radius 2 is 1.79 bits per heavy atom. The molecule has 3 saturated heterocycles. The van der Waals surface area contributed by atoms with Gasteiger partial charge in [0.15, 0.2) is 17.7 Å². The van der Waals surface area contributed by atoms with E-state index in [2.05, 4.69) is 11.9 Å². The number of methoxy groups -OCH3 is 1. The summed E-state index contributed by atoms with van der Waals surface area (Å²) in [4.78, 5) is 56.5. The van der Waals surface area contributed by atoms with Gasteiger partial charge in [-0.1, -0.05) is 65.0 Å². The fraction of sp³-hybridized carbons (Fsp3) is 0.659. The highest BCUT2D eigenvalue weighted by Gasteiger charge is 2.60. The molecular formula is C44H62N4O9. The first-order valence-electron chi connectivity index (χ1n) is 20.6. The van der Waals surface area contributed by atoms with Crippen LogP contribution in [0.3, 0.4) is 0 Å². The topological polar surface area (TPSA) is 149 Å². The molecular weight excluding hydrogens is 729 g/mol. The number of para-hydroxylation sites is 1. The van der Waals surface area contributed by atoms with E-state index in [-0.39, 0.29) is 36.2 Å². The molecule has 1 aromatic carbocycles. The third-order valence-corrected chi connectivity index (χ3v) is 13.0. The lowest BCUT2D eigenvalue weighted by Crippen LogP contribution is -2.59. The normalized spacial score (nSPS) is 38.2. The Morgan fingerprint density at radius 1 is 1.05 bits per heavy atom. The van der Waals surface area contributed by atoms with E-state index in [1.54, 1.807) is 31.2 Å². The summed E-state index contributed by atoms with van der Waals surface area (Å²) in [6.45, 7) is 14.2. The van der Waals surface area contributed by atoms with Crippen molar-refractivity contribution in [1.82, 2.24) is 14.8 Å². The van der Waals surface area contributed by atoms with Gasteiger partial charge < -0.3 is 33.7 Å². The summed E-state index contributed by atoms with van der Waals surface area (Å²) < 4.78 is 31.9. The molecule has 57 heavy (non-hydrogen) atoms. The number of aliphatic imine (C=N–C) groups is 1. The number of hydrogen-bond donors (Lipinski definition) is 1. The van der Waals surface area contributed by atoms with Crippen LogP contribution >= 0.6 is 0 Å². The number of amides is 1. The minimum atomic E-state index is -1.23. The number of ketones is 1. The predicted molar refractivity (Wildman–Crippen MR) is 217 cm³/mol. The van der Waals surface area contributed by atoms with Crippen LogP contribution in [0.4, 0.5) is 4.79 Å². The number of carbonyl (C=O) groups excluding carboxylic acids is 3. The van der Waals surface area contributed by atoms with Crippen LogP contribution in [0.15, 0.2) is 47.6 Å². The molecule has 2 unspecified atom stereocenters. The maximum Gasteiger partial charge on any atom is 0.410 e. The molecule has 0 aliphatic carbocycles. The number of aliphatic hydroxyl groups is 1. The van der Waals surface area contributed by atoms with E-state index >= 15 is 4.79 Å². The van der Waals surface area contributed by atoms with Crippen molar-refractivity contribution in [3.8, 4) is 0 Å². The number of aliphatic hydroxyl groups excluding tert-OH is 1. The van der Waals surface area contributed by atoms with E-state index in [9.17, 15) is 14.7 Å². The van der Waals surface area contributed by atoms with Gasteiger partial charge in [-0.3, -0.25) is 24.5 Å². The Morgan fingerprint density at radius 3 is 2.49 bits per heavy atom. The first kappa shape index (κ1) is 42.8. The van der Waals surface area contributed by atoms with Crippen molar-refractivity contribution in [2.45, 2.75) is 122 Å². The molecule has 3 fully saturated rings. The number of Topliss-reactive ketones (excluding diaryl/α,β-unsaturated/α-hetero) is 1. The van der Waals surface area contributed by atoms with Crippen LogP contribution in [0, 0.1) is 29.6 Å². The van der Waals surface area contributed by atoms with E-state index in [1.807, 2.05) is 90.0 Å². The number of hydrogen-bond acceptors (Lipinski definition) is 12. The van der Waals surface area contributed by atoms with Gasteiger partial charge in [-0.15, -0.1) is 0 Å². The predicted octanol–water partition coefficient (Wildman–Crippen LogP) is 5.56. The van der Waals surface area contributed by atoms with Gasteiger partial charge in [0.2, 0.25) is 0 Å². The standard InChI is InChI=1S/C44H62N4O9/c1-11-34-44(7)40-26(4)35(45-19-20-48(40)43(52)57-44)25(3)38(53-10)28(6)39(56-42-37(50)33(47(8)9)21-24(2)54-42)27(5)36(49)31(41(51)55-34)17-14-15-29-22-30-16-12-13-18-32(30)46-23-29/h12-16,18,22-28,31,33-34,37-40,42,50H,11,17,19-21H2,1-10H3/b15-14+/t24-,25+,26+,27+,28+,31?,33+,34-,37-,38+,39-,40?,42+,44-/m1/s1. The Labute approximate surface area is 337 Å². The molecule has 4 aliphatic rings. The fourth-order valence-corrected chi connectivity index (χ4v) is 10.0. The Kier molecular flexibility index (Phi) is 13.2. The SMILES string of the molecule is CC[C@H]1OC(=O)C(C/C=C/c2cnc3ccccc3c2)C(=O)[C@H](C)[C@@H](O[C@@H]2O[C@H](C)C[C@H](N(C)C)[C@H]2O)[C@@H](C)[C@@H](OC)[C@@H](C)C2=NCCN3C(=O)O[C@@]1(C)C3[C@H]2C. The summed E-state index contributed by atoms with van der Waals surface area (Å²) in [5.74, 6) is -4.22. The van der Waals surface area contributed by atoms with Crippen LogP contribution in [0.1, 0.15) is 73.3 Å². The maximum atomic E-state index is 15.0. The van der Waals surface area contributed by atoms with Gasteiger partial charge in [0.1, 0.15) is 18.1 Å². The summed E-state index contributed by atoms with van der Waals surface area (Å²) in [7, 11) is 5.46. The summed E-state index contributed by atoms with van der Waals surface area (Å²) in [6, 6.07) is 9.07. The quantitative estimate of drug-likeness (QED) is 0.265. The molecule has 1 amide bonds. The number of cyclic esters (lactones) is 1. The van der Waals surface area contributed by atoms with Gasteiger partial charge in [-0.25, -0.2) is 4.79 Å². The van der Waals surface area contributed by atoms with Crippen LogP contribution in [-0.2, 0) is 33.3 Å². The third-order valence-electron chi connectivity index (χ3n) is 13.0. The summed E-state index contributed by atoms with van der Waals surface area (Å²) in [5, 5.41) is 12.6. The minimum absolute atomic E-state index is 0.0397. The number of nitrogens with zero attached hydrogens (tertiary/aromatic N) is 4. The summed E-state index contributed by atoms with van der Waals surface area (Å²) >= 11 is 0. The zero-order valence-electron chi connectivity index (χ0n) is 35.2. The molecule has 1 N–H and O–H groups in total. The van der Waals surface area contributed by atoms with Crippen LogP contribution < -0.4 is 0 Å². The minimum Gasteiger partial charge on any atom is -0.457 e. The second-order valence-corrected chi connectivity index (χ2v) is 17.0. The lowest BCUT2D eigenvalue weighted by Gasteiger charge is -2.45. The highest BCUT2D eigenvalue weighted by atomic mass is 16.7. The number of fused-ring (bicyclic) bond motifs is 2. The van der Waals surface area contributed by atoms with E-state index in [0.29, 0.717) is 25.9 Å². The lowest BCUT2D eigenvalue weighted by molar-refractivity contribution is -0.281. The Balaban J connectivity index is 1.43. The molecule has 0 saturated carbocycles. The van der Waals surface area contributed by atoms with Crippen LogP contribution in [0.5, 0.6) is 0 Å². The molecule has 4 aliphatic heterocycles. The molecule has 0 radical (unpaired) electrons. The number of ether oxygens (including phenoxy) is 5. The highest BCUT2D eigenvalue weighted by Crippen LogP contribution is 2.43. The summed E-state index contributed by atoms with van der Waals surface area (Å²) in [6.07, 6.45) is 1.42.